The van der Waals surface area contributed by atoms with E-state index < -0.39 is 28.5 Å². The van der Waals surface area contributed by atoms with Gasteiger partial charge < -0.3 is 10.2 Å². The number of nitrogens with one attached hydrogen (secondary N) is 1. The quantitative estimate of drug-likeness (QED) is 0.235. The molecule has 0 unspecified atom stereocenters. The summed E-state index contributed by atoms with van der Waals surface area (Å²) in [6, 6.07) is 19.0. The summed E-state index contributed by atoms with van der Waals surface area (Å²) in [5.41, 5.74) is 1.78. The number of aryl methyl sites for hydroxylation is 1. The lowest BCUT2D eigenvalue weighted by Gasteiger charge is -2.33. The summed E-state index contributed by atoms with van der Waals surface area (Å²) in [4.78, 5) is 28.8. The molecule has 0 aromatic heterocycles. The molecule has 0 heterocycles. The zero-order valence-electron chi connectivity index (χ0n) is 22.9. The molecule has 0 radical (unpaired) electrons. The molecule has 40 heavy (non-hydrogen) atoms. The maximum atomic E-state index is 14.1. The Kier molecular flexibility index (Phi) is 11.4. The second kappa shape index (κ2) is 14.5. The van der Waals surface area contributed by atoms with E-state index >= 15 is 0 Å². The van der Waals surface area contributed by atoms with Crippen LogP contribution in [0.1, 0.15) is 44.2 Å². The lowest BCUT2D eigenvalue weighted by molar-refractivity contribution is -0.140. The number of sulfonamides is 1. The number of rotatable bonds is 13. The monoisotopic (exact) mass is 603 g/mol. The molecule has 1 N–H and O–H groups in total. The lowest BCUT2D eigenvalue weighted by Crippen LogP contribution is -2.52. The van der Waals surface area contributed by atoms with Crippen molar-refractivity contribution < 1.29 is 18.0 Å². The van der Waals surface area contributed by atoms with Crippen LogP contribution in [0.4, 0.5) is 5.69 Å². The van der Waals surface area contributed by atoms with Crippen LogP contribution in [-0.4, -0.2) is 44.3 Å². The van der Waals surface area contributed by atoms with E-state index in [4.69, 9.17) is 23.2 Å². The smallest absolute Gasteiger partial charge is 0.264 e. The van der Waals surface area contributed by atoms with Crippen molar-refractivity contribution in [1.82, 2.24) is 10.2 Å². The maximum Gasteiger partial charge on any atom is 0.264 e. The lowest BCUT2D eigenvalue weighted by atomic mass is 10.1. The van der Waals surface area contributed by atoms with E-state index in [1.807, 2.05) is 26.8 Å². The summed E-state index contributed by atoms with van der Waals surface area (Å²) >= 11 is 12.5. The molecule has 7 nitrogen and oxygen atoms in total. The van der Waals surface area contributed by atoms with Crippen LogP contribution in [0.25, 0.3) is 0 Å². The van der Waals surface area contributed by atoms with Crippen LogP contribution in [0.5, 0.6) is 0 Å². The van der Waals surface area contributed by atoms with Crippen LogP contribution < -0.4 is 9.62 Å². The van der Waals surface area contributed by atoms with Gasteiger partial charge in [0.1, 0.15) is 12.6 Å². The Hall–Kier alpha value is -3.07. The van der Waals surface area contributed by atoms with Gasteiger partial charge >= 0.3 is 0 Å². The minimum atomic E-state index is -4.11. The van der Waals surface area contributed by atoms with Crippen LogP contribution in [0.2, 0.25) is 10.0 Å². The van der Waals surface area contributed by atoms with Crippen molar-refractivity contribution in [2.45, 2.75) is 57.5 Å². The van der Waals surface area contributed by atoms with Gasteiger partial charge in [-0.2, -0.15) is 0 Å². The first kappa shape index (κ1) is 31.5. The summed E-state index contributed by atoms with van der Waals surface area (Å²) in [7, 11) is -4.11. The van der Waals surface area contributed by atoms with Gasteiger partial charge in [-0.15, -0.1) is 0 Å². The molecule has 3 aromatic rings. The molecule has 0 bridgehead atoms. The van der Waals surface area contributed by atoms with E-state index in [0.29, 0.717) is 34.3 Å². The van der Waals surface area contributed by atoms with Gasteiger partial charge in [0.05, 0.1) is 10.6 Å². The third-order valence-electron chi connectivity index (χ3n) is 6.47. The van der Waals surface area contributed by atoms with Gasteiger partial charge in [0.25, 0.3) is 10.0 Å². The van der Waals surface area contributed by atoms with Gasteiger partial charge in [0.15, 0.2) is 0 Å². The van der Waals surface area contributed by atoms with E-state index in [2.05, 4.69) is 5.32 Å². The molecule has 10 heteroatoms. The Bertz CT molecular complexity index is 1420. The largest absolute Gasteiger partial charge is 0.354 e. The SMILES string of the molecule is CCCCNC(=O)[C@@H](CC)N(Cc1ccc(Cl)cc1Cl)C(=O)CN(c1cccc(C)c1)S(=O)(=O)c1ccccc1. The van der Waals surface area contributed by atoms with Gasteiger partial charge in [-0.25, -0.2) is 8.42 Å². The summed E-state index contributed by atoms with van der Waals surface area (Å²) in [6.45, 7) is 5.66. The molecule has 0 saturated carbocycles. The van der Waals surface area contributed by atoms with E-state index in [-0.39, 0.29) is 17.3 Å². The second-order valence-corrected chi connectivity index (χ2v) is 12.2. The predicted molar refractivity (Wildman–Crippen MR) is 161 cm³/mol. The summed E-state index contributed by atoms with van der Waals surface area (Å²) in [5.74, 6) is -0.841. The summed E-state index contributed by atoms with van der Waals surface area (Å²) in [6.07, 6.45) is 2.03. The van der Waals surface area contributed by atoms with Crippen molar-refractivity contribution >= 4 is 50.7 Å². The molecule has 2 amide bonds. The second-order valence-electron chi connectivity index (χ2n) is 9.49. The molecule has 0 aliphatic rings. The first-order chi connectivity index (χ1) is 19.1. The van der Waals surface area contributed by atoms with Gasteiger partial charge in [0.2, 0.25) is 11.8 Å². The Balaban J connectivity index is 2.05. The average Bonchev–Trinajstić information content (AvgIpc) is 2.93. The number of hydrogen-bond donors (Lipinski definition) is 1. The van der Waals surface area contributed by atoms with Crippen LogP contribution in [0, 0.1) is 6.92 Å². The Morgan fingerprint density at radius 1 is 0.950 bits per heavy atom. The number of benzene rings is 3. The third kappa shape index (κ3) is 7.99. The zero-order valence-corrected chi connectivity index (χ0v) is 25.3. The highest BCUT2D eigenvalue weighted by Crippen LogP contribution is 2.27. The van der Waals surface area contributed by atoms with Crippen molar-refractivity contribution in [3.8, 4) is 0 Å². The topological polar surface area (TPSA) is 86.8 Å². The zero-order chi connectivity index (χ0) is 29.3. The fourth-order valence-corrected chi connectivity index (χ4v) is 6.19. The highest BCUT2D eigenvalue weighted by molar-refractivity contribution is 7.92. The van der Waals surface area contributed by atoms with E-state index in [0.717, 1.165) is 22.7 Å². The number of hydrogen-bond acceptors (Lipinski definition) is 4. The first-order valence-corrected chi connectivity index (χ1v) is 15.4. The molecular formula is C30H35Cl2N3O4S. The molecule has 1 atom stereocenters. The number of amides is 2. The highest BCUT2D eigenvalue weighted by atomic mass is 35.5. The summed E-state index contributed by atoms with van der Waals surface area (Å²) < 4.78 is 28.8. The Labute approximate surface area is 247 Å². The van der Waals surface area contributed by atoms with Crippen molar-refractivity contribution in [2.75, 3.05) is 17.4 Å². The Morgan fingerprint density at radius 3 is 2.30 bits per heavy atom. The van der Waals surface area contributed by atoms with Crippen LogP contribution >= 0.6 is 23.2 Å². The van der Waals surface area contributed by atoms with Crippen molar-refractivity contribution in [2.24, 2.45) is 0 Å². The van der Waals surface area contributed by atoms with E-state index in [1.165, 1.54) is 17.0 Å². The molecule has 3 aromatic carbocycles. The molecule has 214 valence electrons. The standard InChI is InChI=1S/C30H35Cl2N3O4S/c1-4-6-17-33-30(37)28(5-2)34(20-23-15-16-24(31)19-27(23)32)29(36)21-35(25-12-10-11-22(3)18-25)40(38,39)26-13-8-7-9-14-26/h7-16,18-19,28H,4-6,17,20-21H2,1-3H3,(H,33,37)/t28-/m1/s1. The maximum absolute atomic E-state index is 14.1. The average molecular weight is 605 g/mol. The van der Waals surface area contributed by atoms with Gasteiger partial charge in [-0.1, -0.05) is 79.9 Å². The molecule has 0 fully saturated rings. The predicted octanol–water partition coefficient (Wildman–Crippen LogP) is 6.22. The van der Waals surface area contributed by atoms with E-state index in [9.17, 15) is 18.0 Å². The van der Waals surface area contributed by atoms with E-state index in [1.54, 1.807) is 54.6 Å². The van der Waals surface area contributed by atoms with Crippen molar-refractivity contribution in [3.63, 3.8) is 0 Å². The number of carbonyl (C=O) groups is 2. The van der Waals surface area contributed by atoms with Gasteiger partial charge in [-0.3, -0.25) is 13.9 Å². The number of halogens is 2. The summed E-state index contributed by atoms with van der Waals surface area (Å²) in [5, 5.41) is 3.70. The van der Waals surface area contributed by atoms with Gasteiger partial charge in [0, 0.05) is 23.1 Å². The molecule has 0 spiro atoms. The minimum Gasteiger partial charge on any atom is -0.354 e. The molecule has 0 saturated heterocycles. The molecule has 3 rings (SSSR count). The Morgan fingerprint density at radius 2 is 1.68 bits per heavy atom. The van der Waals surface area contributed by atoms with Gasteiger partial charge in [-0.05, 0) is 67.3 Å². The van der Waals surface area contributed by atoms with Crippen molar-refractivity contribution in [1.29, 1.82) is 0 Å². The molecule has 0 aliphatic carbocycles. The number of unbranched alkanes of at least 4 members (excludes halogenated alkanes) is 1. The number of anilines is 1. The molecule has 0 aliphatic heterocycles. The normalized spacial score (nSPS) is 12.0. The minimum absolute atomic E-state index is 0.00157. The number of carbonyl (C=O) groups excluding carboxylic acids is 2. The fraction of sp³-hybridized carbons (Fsp3) is 0.333. The van der Waals surface area contributed by atoms with Crippen LogP contribution in [0.15, 0.2) is 77.7 Å². The van der Waals surface area contributed by atoms with Crippen molar-refractivity contribution in [3.05, 3.63) is 94.0 Å². The highest BCUT2D eigenvalue weighted by Gasteiger charge is 2.33. The number of nitrogens with zero attached hydrogens (tertiary/aromatic N) is 2. The van der Waals surface area contributed by atoms with Crippen LogP contribution in [0.3, 0.4) is 0 Å². The third-order valence-corrected chi connectivity index (χ3v) is 8.85. The first-order valence-electron chi connectivity index (χ1n) is 13.2. The molecular weight excluding hydrogens is 569 g/mol. The van der Waals surface area contributed by atoms with Crippen LogP contribution in [-0.2, 0) is 26.2 Å². The fourth-order valence-electron chi connectivity index (χ4n) is 4.29.